The zero-order valence-electron chi connectivity index (χ0n) is 12.9. The highest BCUT2D eigenvalue weighted by molar-refractivity contribution is 5.92. The maximum atomic E-state index is 12.3. The number of benzene rings is 1. The number of aliphatic hydroxyl groups is 1. The van der Waals surface area contributed by atoms with E-state index in [-0.39, 0.29) is 24.7 Å². The Balaban J connectivity index is 2.14. The molecule has 0 aliphatic heterocycles. The van der Waals surface area contributed by atoms with Crippen molar-refractivity contribution in [1.82, 2.24) is 9.88 Å². The maximum absolute atomic E-state index is 12.3. The molecule has 0 saturated carbocycles. The Kier molecular flexibility index (Phi) is 6.16. The highest BCUT2D eigenvalue weighted by atomic mass is 16.6. The summed E-state index contributed by atoms with van der Waals surface area (Å²) in [5, 5.41) is 20.1. The van der Waals surface area contributed by atoms with E-state index in [1.54, 1.807) is 36.7 Å². The first-order valence-electron chi connectivity index (χ1n) is 7.32. The lowest BCUT2D eigenvalue weighted by Gasteiger charge is -2.20. The smallest absolute Gasteiger partial charge is 0.276 e. The van der Waals surface area contributed by atoms with E-state index < -0.39 is 4.92 Å². The third-order valence-corrected chi connectivity index (χ3v) is 3.32. The molecule has 124 valence electrons. The number of aliphatic hydroxyl groups excluding tert-OH is 1. The molecule has 2 rings (SSSR count). The third kappa shape index (κ3) is 4.72. The molecule has 0 aliphatic carbocycles. The molecule has 0 unspecified atom stereocenters. The summed E-state index contributed by atoms with van der Waals surface area (Å²) in [7, 11) is 0. The lowest BCUT2D eigenvalue weighted by Crippen LogP contribution is -2.31. The Morgan fingerprint density at radius 1 is 1.29 bits per heavy atom. The number of pyridine rings is 1. The largest absolute Gasteiger partial charge is 0.395 e. The first kappa shape index (κ1) is 17.3. The number of amides is 1. The van der Waals surface area contributed by atoms with Gasteiger partial charge in [0.05, 0.1) is 17.1 Å². The topological polar surface area (TPSA) is 96.6 Å². The summed E-state index contributed by atoms with van der Waals surface area (Å²) in [5.74, 6) is -0.342. The summed E-state index contributed by atoms with van der Waals surface area (Å²) in [5.41, 5.74) is 1.11. The van der Waals surface area contributed by atoms with Crippen molar-refractivity contribution in [1.29, 1.82) is 0 Å². The van der Waals surface area contributed by atoms with E-state index in [2.05, 4.69) is 4.98 Å². The number of nitro benzene ring substituents is 1. The highest BCUT2D eigenvalue weighted by Crippen LogP contribution is 2.19. The van der Waals surface area contributed by atoms with E-state index in [1.165, 1.54) is 23.1 Å². The van der Waals surface area contributed by atoms with Crippen molar-refractivity contribution in [3.63, 3.8) is 0 Å². The Hall–Kier alpha value is -3.06. The summed E-state index contributed by atoms with van der Waals surface area (Å²) >= 11 is 0. The molecule has 0 bridgehead atoms. The van der Waals surface area contributed by atoms with Crippen LogP contribution in [0, 0.1) is 10.1 Å². The van der Waals surface area contributed by atoms with Gasteiger partial charge in [0, 0.05) is 37.6 Å². The molecular weight excluding hydrogens is 310 g/mol. The average Bonchev–Trinajstić information content (AvgIpc) is 2.60. The molecule has 7 heteroatoms. The van der Waals surface area contributed by atoms with Gasteiger partial charge in [-0.25, -0.2) is 0 Å². The molecule has 1 heterocycles. The molecule has 0 atom stereocenters. The molecule has 1 N–H and O–H groups in total. The van der Waals surface area contributed by atoms with Crippen molar-refractivity contribution < 1.29 is 14.8 Å². The Morgan fingerprint density at radius 2 is 2.08 bits per heavy atom. The molecule has 2 aromatic rings. The first-order chi connectivity index (χ1) is 11.6. The number of rotatable bonds is 7. The minimum absolute atomic E-state index is 0.0671. The number of nitrogens with zero attached hydrogens (tertiary/aromatic N) is 3. The quantitative estimate of drug-likeness (QED) is 0.477. The van der Waals surface area contributed by atoms with Crippen molar-refractivity contribution in [2.24, 2.45) is 0 Å². The van der Waals surface area contributed by atoms with Gasteiger partial charge in [-0.15, -0.1) is 0 Å². The second kappa shape index (κ2) is 8.54. The van der Waals surface area contributed by atoms with Crippen molar-refractivity contribution in [3.8, 4) is 0 Å². The van der Waals surface area contributed by atoms with Gasteiger partial charge in [-0.2, -0.15) is 0 Å². The lowest BCUT2D eigenvalue weighted by molar-refractivity contribution is -0.385. The fraction of sp³-hybridized carbons (Fsp3) is 0.176. The van der Waals surface area contributed by atoms with Gasteiger partial charge in [0.15, 0.2) is 0 Å². The number of hydrogen-bond acceptors (Lipinski definition) is 5. The fourth-order valence-electron chi connectivity index (χ4n) is 2.16. The molecule has 0 aliphatic rings. The van der Waals surface area contributed by atoms with Crippen molar-refractivity contribution in [2.75, 3.05) is 13.2 Å². The van der Waals surface area contributed by atoms with Crippen LogP contribution in [0.15, 0.2) is 54.9 Å². The van der Waals surface area contributed by atoms with E-state index in [4.69, 9.17) is 5.11 Å². The van der Waals surface area contributed by atoms with E-state index >= 15 is 0 Å². The van der Waals surface area contributed by atoms with E-state index in [1.807, 2.05) is 6.07 Å². The van der Waals surface area contributed by atoms with Crippen LogP contribution in [0.2, 0.25) is 0 Å². The van der Waals surface area contributed by atoms with Crippen molar-refractivity contribution >= 4 is 17.7 Å². The number of aromatic nitrogens is 1. The van der Waals surface area contributed by atoms with E-state index in [0.29, 0.717) is 12.1 Å². The standard InChI is InChI=1S/C17H17N3O4/c21-11-10-19(13-14-4-3-9-18-12-14)17(22)8-7-15-5-1-2-6-16(15)20(23)24/h1-9,12,21H,10-11,13H2/b8-7+. The predicted octanol–water partition coefficient (Wildman–Crippen LogP) is 2.02. The maximum Gasteiger partial charge on any atom is 0.276 e. The lowest BCUT2D eigenvalue weighted by atomic mass is 10.1. The van der Waals surface area contributed by atoms with Gasteiger partial charge in [0.2, 0.25) is 5.91 Å². The molecule has 1 amide bonds. The second-order valence-corrected chi connectivity index (χ2v) is 4.99. The van der Waals surface area contributed by atoms with Crippen LogP contribution in [0.25, 0.3) is 6.08 Å². The minimum atomic E-state index is -0.495. The van der Waals surface area contributed by atoms with Gasteiger partial charge < -0.3 is 10.0 Å². The Morgan fingerprint density at radius 3 is 2.75 bits per heavy atom. The van der Waals surface area contributed by atoms with Crippen LogP contribution in [0.1, 0.15) is 11.1 Å². The van der Waals surface area contributed by atoms with Gasteiger partial charge in [0.25, 0.3) is 5.69 Å². The summed E-state index contributed by atoms with van der Waals surface area (Å²) in [6.45, 7) is 0.286. The number of para-hydroxylation sites is 1. The molecule has 24 heavy (non-hydrogen) atoms. The Labute approximate surface area is 139 Å². The summed E-state index contributed by atoms with van der Waals surface area (Å²) < 4.78 is 0. The highest BCUT2D eigenvalue weighted by Gasteiger charge is 2.13. The van der Waals surface area contributed by atoms with Gasteiger partial charge >= 0.3 is 0 Å². The number of carbonyl (C=O) groups is 1. The van der Waals surface area contributed by atoms with Crippen molar-refractivity contribution in [2.45, 2.75) is 6.54 Å². The van der Waals surface area contributed by atoms with E-state index in [9.17, 15) is 14.9 Å². The van der Waals surface area contributed by atoms with Gasteiger partial charge in [0.1, 0.15) is 0 Å². The summed E-state index contributed by atoms with van der Waals surface area (Å²) in [4.78, 5) is 28.3. The van der Waals surface area contributed by atoms with Crippen LogP contribution in [0.4, 0.5) is 5.69 Å². The normalized spacial score (nSPS) is 10.7. The molecule has 0 spiro atoms. The molecule has 0 radical (unpaired) electrons. The summed E-state index contributed by atoms with van der Waals surface area (Å²) in [6.07, 6.45) is 5.96. The van der Waals surface area contributed by atoms with Crippen LogP contribution in [0.3, 0.4) is 0 Å². The third-order valence-electron chi connectivity index (χ3n) is 3.32. The van der Waals surface area contributed by atoms with Crippen LogP contribution in [0.5, 0.6) is 0 Å². The van der Waals surface area contributed by atoms with Gasteiger partial charge in [-0.1, -0.05) is 18.2 Å². The minimum Gasteiger partial charge on any atom is -0.395 e. The zero-order valence-corrected chi connectivity index (χ0v) is 12.9. The van der Waals surface area contributed by atoms with Crippen LogP contribution < -0.4 is 0 Å². The number of hydrogen-bond donors (Lipinski definition) is 1. The molecule has 0 fully saturated rings. The van der Waals surface area contributed by atoms with Crippen LogP contribution >= 0.6 is 0 Å². The predicted molar refractivity (Wildman–Crippen MR) is 88.9 cm³/mol. The average molecular weight is 327 g/mol. The van der Waals surface area contributed by atoms with Gasteiger partial charge in [-0.3, -0.25) is 19.9 Å². The number of nitro groups is 1. The fourth-order valence-corrected chi connectivity index (χ4v) is 2.16. The summed E-state index contributed by atoms with van der Waals surface area (Å²) in [6, 6.07) is 9.78. The first-order valence-corrected chi connectivity index (χ1v) is 7.32. The second-order valence-electron chi connectivity index (χ2n) is 4.99. The van der Waals surface area contributed by atoms with Gasteiger partial charge in [-0.05, 0) is 23.8 Å². The van der Waals surface area contributed by atoms with Crippen LogP contribution in [-0.4, -0.2) is 39.0 Å². The number of carbonyl (C=O) groups excluding carboxylic acids is 1. The SMILES string of the molecule is O=C(/C=C/c1ccccc1[N+](=O)[O-])N(CCO)Cc1cccnc1. The van der Waals surface area contributed by atoms with E-state index in [0.717, 1.165) is 5.56 Å². The monoisotopic (exact) mass is 327 g/mol. The van der Waals surface area contributed by atoms with Crippen LogP contribution in [-0.2, 0) is 11.3 Å². The molecule has 0 saturated heterocycles. The molecule has 7 nitrogen and oxygen atoms in total. The zero-order chi connectivity index (χ0) is 17.4. The Bertz CT molecular complexity index is 732. The molecule has 1 aromatic carbocycles. The van der Waals surface area contributed by atoms with Crippen molar-refractivity contribution in [3.05, 3.63) is 76.1 Å². The molecule has 1 aromatic heterocycles. The molecular formula is C17H17N3O4.